The van der Waals surface area contributed by atoms with Crippen molar-refractivity contribution in [1.82, 2.24) is 5.32 Å². The number of carbonyl (C=O) groups excluding carboxylic acids is 3. The minimum atomic E-state index is -0.485. The molecule has 0 radical (unpaired) electrons. The highest BCUT2D eigenvalue weighted by atomic mass is 16.6. The molecule has 6 atom stereocenters. The number of carbonyl (C=O) groups is 3. The number of esters is 2. The molecule has 1 aromatic carbocycles. The summed E-state index contributed by atoms with van der Waals surface area (Å²) in [6, 6.07) is 9.41. The maximum absolute atomic E-state index is 13.5. The smallest absolute Gasteiger partial charge is 0.407 e. The second-order valence-corrected chi connectivity index (χ2v) is 9.81. The number of amides is 1. The third-order valence-corrected chi connectivity index (χ3v) is 7.58. The number of rotatable bonds is 5. The maximum Gasteiger partial charge on any atom is 0.407 e. The molecule has 1 saturated heterocycles. The molecule has 1 aromatic rings. The first kappa shape index (κ1) is 23.3. The zero-order valence-corrected chi connectivity index (χ0v) is 19.7. The van der Waals surface area contributed by atoms with Crippen LogP contribution in [0, 0.1) is 29.1 Å². The fourth-order valence-electron chi connectivity index (χ4n) is 5.91. The van der Waals surface area contributed by atoms with Crippen molar-refractivity contribution in [3.8, 4) is 0 Å². The zero-order chi connectivity index (χ0) is 23.8. The number of fused-ring (bicyclic) bond motifs is 2. The van der Waals surface area contributed by atoms with Crippen molar-refractivity contribution >= 4 is 18.0 Å². The molecule has 0 unspecified atom stereocenters. The van der Waals surface area contributed by atoms with E-state index in [0.29, 0.717) is 19.4 Å². The lowest BCUT2D eigenvalue weighted by Gasteiger charge is -2.50. The van der Waals surface area contributed by atoms with Gasteiger partial charge >= 0.3 is 18.0 Å². The van der Waals surface area contributed by atoms with Crippen molar-refractivity contribution in [1.29, 1.82) is 0 Å². The monoisotopic (exact) mass is 455 g/mol. The molecule has 1 saturated carbocycles. The Morgan fingerprint density at radius 1 is 1.15 bits per heavy atom. The summed E-state index contributed by atoms with van der Waals surface area (Å²) in [5.41, 5.74) is 1.48. The predicted octanol–water partition coefficient (Wildman–Crippen LogP) is 4.01. The summed E-state index contributed by atoms with van der Waals surface area (Å²) < 4.78 is 16.4. The number of ether oxygens (including phenoxy) is 3. The molecule has 1 amide bonds. The van der Waals surface area contributed by atoms with Crippen LogP contribution in [0.2, 0.25) is 0 Å². The van der Waals surface area contributed by atoms with Gasteiger partial charge in [-0.2, -0.15) is 0 Å². The van der Waals surface area contributed by atoms with Gasteiger partial charge in [-0.1, -0.05) is 55.8 Å². The zero-order valence-electron chi connectivity index (χ0n) is 19.7. The third-order valence-electron chi connectivity index (χ3n) is 7.58. The van der Waals surface area contributed by atoms with Crippen LogP contribution in [0.5, 0.6) is 0 Å². The molecule has 3 aliphatic rings. The SMILES string of the molecule is CCOC(=O)N[C@@H]1CC[C@@H]2C(=C[C@H]3C(=O)O[C@H](C)[C@H]3[C@H]2C(=O)OCc2ccccc2)C1(C)C. The van der Waals surface area contributed by atoms with Crippen LogP contribution < -0.4 is 5.32 Å². The second-order valence-electron chi connectivity index (χ2n) is 9.81. The van der Waals surface area contributed by atoms with Crippen LogP contribution in [-0.4, -0.2) is 36.8 Å². The molecule has 4 rings (SSSR count). The molecular formula is C26H33NO6. The molecule has 2 aliphatic carbocycles. The topological polar surface area (TPSA) is 90.9 Å². The van der Waals surface area contributed by atoms with Crippen LogP contribution in [0.25, 0.3) is 0 Å². The first-order valence-electron chi connectivity index (χ1n) is 11.8. The lowest BCUT2D eigenvalue weighted by Crippen LogP contribution is -2.54. The van der Waals surface area contributed by atoms with Gasteiger partial charge in [0.15, 0.2) is 0 Å². The largest absolute Gasteiger partial charge is 0.462 e. The van der Waals surface area contributed by atoms with Crippen LogP contribution >= 0.6 is 0 Å². The Bertz CT molecular complexity index is 939. The Labute approximate surface area is 194 Å². The van der Waals surface area contributed by atoms with Crippen molar-refractivity contribution in [2.45, 2.75) is 59.3 Å². The lowest BCUT2D eigenvalue weighted by atomic mass is 9.55. The fraction of sp³-hybridized carbons (Fsp3) is 0.577. The van der Waals surface area contributed by atoms with Crippen LogP contribution in [0.15, 0.2) is 42.0 Å². The Hall–Kier alpha value is -2.83. The van der Waals surface area contributed by atoms with Crippen molar-refractivity contribution in [2.24, 2.45) is 29.1 Å². The van der Waals surface area contributed by atoms with E-state index in [9.17, 15) is 14.4 Å². The Morgan fingerprint density at radius 2 is 1.88 bits per heavy atom. The number of hydrogen-bond donors (Lipinski definition) is 1. The molecule has 7 nitrogen and oxygen atoms in total. The summed E-state index contributed by atoms with van der Waals surface area (Å²) >= 11 is 0. The summed E-state index contributed by atoms with van der Waals surface area (Å²) in [5.74, 6) is -1.86. The Kier molecular flexibility index (Phi) is 6.50. The van der Waals surface area contributed by atoms with E-state index in [1.54, 1.807) is 6.92 Å². The molecule has 0 spiro atoms. The minimum absolute atomic E-state index is 0.0679. The first-order chi connectivity index (χ1) is 15.7. The second kappa shape index (κ2) is 9.20. The molecule has 0 aromatic heterocycles. The highest BCUT2D eigenvalue weighted by molar-refractivity contribution is 5.82. The summed E-state index contributed by atoms with van der Waals surface area (Å²) in [6.45, 7) is 8.23. The van der Waals surface area contributed by atoms with Gasteiger partial charge in [0.05, 0.1) is 18.4 Å². The van der Waals surface area contributed by atoms with E-state index < -0.39 is 23.3 Å². The van der Waals surface area contributed by atoms with Gasteiger partial charge in [-0.25, -0.2) is 4.79 Å². The number of cyclic esters (lactones) is 1. The predicted molar refractivity (Wildman–Crippen MR) is 121 cm³/mol. The van der Waals surface area contributed by atoms with E-state index in [2.05, 4.69) is 19.2 Å². The average molecular weight is 456 g/mol. The summed E-state index contributed by atoms with van der Waals surface area (Å²) in [7, 11) is 0. The van der Waals surface area contributed by atoms with E-state index in [1.165, 1.54) is 0 Å². The van der Waals surface area contributed by atoms with Gasteiger partial charge in [0.2, 0.25) is 0 Å². The molecular weight excluding hydrogens is 422 g/mol. The van der Waals surface area contributed by atoms with E-state index in [1.807, 2.05) is 43.3 Å². The highest BCUT2D eigenvalue weighted by Crippen LogP contribution is 2.55. The summed E-state index contributed by atoms with van der Waals surface area (Å²) in [5, 5.41) is 2.98. The van der Waals surface area contributed by atoms with Crippen molar-refractivity contribution < 1.29 is 28.6 Å². The van der Waals surface area contributed by atoms with Crippen molar-refractivity contribution in [3.05, 3.63) is 47.5 Å². The van der Waals surface area contributed by atoms with Crippen LogP contribution in [0.1, 0.15) is 46.1 Å². The van der Waals surface area contributed by atoms with Crippen molar-refractivity contribution in [2.75, 3.05) is 6.61 Å². The average Bonchev–Trinajstić information content (AvgIpc) is 3.07. The van der Waals surface area contributed by atoms with Gasteiger partial charge in [-0.3, -0.25) is 9.59 Å². The van der Waals surface area contributed by atoms with E-state index in [0.717, 1.165) is 11.1 Å². The van der Waals surface area contributed by atoms with Crippen molar-refractivity contribution in [3.63, 3.8) is 0 Å². The molecule has 1 N–H and O–H groups in total. The van der Waals surface area contributed by atoms with Gasteiger partial charge in [0, 0.05) is 17.4 Å². The highest BCUT2D eigenvalue weighted by Gasteiger charge is 2.58. The van der Waals surface area contributed by atoms with Gasteiger partial charge in [-0.15, -0.1) is 0 Å². The van der Waals surface area contributed by atoms with E-state index in [4.69, 9.17) is 14.2 Å². The molecule has 1 heterocycles. The quantitative estimate of drug-likeness (QED) is 0.410. The normalized spacial score (nSPS) is 32.0. The number of benzene rings is 1. The van der Waals surface area contributed by atoms with Crippen LogP contribution in [-0.2, 0) is 30.4 Å². The Morgan fingerprint density at radius 3 is 2.58 bits per heavy atom. The number of alkyl carbamates (subject to hydrolysis) is 1. The van der Waals surface area contributed by atoms with Gasteiger partial charge in [0.25, 0.3) is 0 Å². The van der Waals surface area contributed by atoms with Crippen LogP contribution in [0.3, 0.4) is 0 Å². The molecule has 2 fully saturated rings. The first-order valence-corrected chi connectivity index (χ1v) is 11.8. The third kappa shape index (κ3) is 4.37. The fourth-order valence-corrected chi connectivity index (χ4v) is 5.91. The van der Waals surface area contributed by atoms with Gasteiger partial charge in [-0.05, 0) is 38.2 Å². The molecule has 33 heavy (non-hydrogen) atoms. The standard InChI is InChI=1S/C26H33NO6/c1-5-31-25(30)27-20-12-11-17-19(26(20,3)4)13-18-21(15(2)33-23(18)28)22(17)24(29)32-14-16-9-7-6-8-10-16/h6-10,13,15,17-18,20-22H,5,11-12,14H2,1-4H3,(H,27,30)/t15-,17-,18-,20-,21-,22+/m1/s1. The Balaban J connectivity index is 1.62. The van der Waals surface area contributed by atoms with Gasteiger partial charge in [0.1, 0.15) is 12.7 Å². The molecule has 1 aliphatic heterocycles. The number of hydrogen-bond acceptors (Lipinski definition) is 6. The minimum Gasteiger partial charge on any atom is -0.462 e. The summed E-state index contributed by atoms with van der Waals surface area (Å²) in [6.07, 6.45) is 2.61. The number of nitrogens with one attached hydrogen (secondary N) is 1. The summed E-state index contributed by atoms with van der Waals surface area (Å²) in [4.78, 5) is 38.3. The molecule has 7 heteroatoms. The van der Waals surface area contributed by atoms with E-state index >= 15 is 0 Å². The molecule has 0 bridgehead atoms. The lowest BCUT2D eigenvalue weighted by molar-refractivity contribution is -0.156. The van der Waals surface area contributed by atoms with E-state index in [-0.39, 0.29) is 42.5 Å². The van der Waals surface area contributed by atoms with Gasteiger partial charge < -0.3 is 19.5 Å². The van der Waals surface area contributed by atoms with Crippen LogP contribution in [0.4, 0.5) is 4.79 Å². The molecule has 178 valence electrons. The maximum atomic E-state index is 13.5.